The summed E-state index contributed by atoms with van der Waals surface area (Å²) >= 11 is 6.12. The molecule has 1 fully saturated rings. The van der Waals surface area contributed by atoms with E-state index in [9.17, 15) is 9.59 Å². The maximum absolute atomic E-state index is 13.7. The van der Waals surface area contributed by atoms with Gasteiger partial charge in [0.05, 0.1) is 16.8 Å². The van der Waals surface area contributed by atoms with Crippen LogP contribution in [0.2, 0.25) is 5.02 Å². The Kier molecular flexibility index (Phi) is 3.79. The van der Waals surface area contributed by atoms with Gasteiger partial charge in [-0.25, -0.2) is 0 Å². The van der Waals surface area contributed by atoms with Gasteiger partial charge in [0.2, 0.25) is 0 Å². The van der Waals surface area contributed by atoms with E-state index in [1.165, 1.54) is 0 Å². The van der Waals surface area contributed by atoms with Crippen molar-refractivity contribution in [2.24, 2.45) is 7.05 Å². The third kappa shape index (κ3) is 2.31. The number of hydrogen-bond acceptors (Lipinski definition) is 4. The summed E-state index contributed by atoms with van der Waals surface area (Å²) in [5.74, 6) is -0.270. The number of rotatable bonds is 2. The van der Waals surface area contributed by atoms with E-state index in [4.69, 9.17) is 11.6 Å². The number of pyridine rings is 1. The Hall–Kier alpha value is -3.19. The van der Waals surface area contributed by atoms with Crippen molar-refractivity contribution in [1.29, 1.82) is 0 Å². The van der Waals surface area contributed by atoms with Crippen molar-refractivity contribution in [2.45, 2.75) is 12.6 Å². The van der Waals surface area contributed by atoms with Crippen LogP contribution in [0.25, 0.3) is 0 Å². The maximum Gasteiger partial charge on any atom is 0.259 e. The zero-order valence-corrected chi connectivity index (χ0v) is 16.7. The highest BCUT2D eigenvalue weighted by Gasteiger charge is 2.60. The predicted octanol–water partition coefficient (Wildman–Crippen LogP) is 2.59. The number of hydrogen-bond donors (Lipinski definition) is 0. The molecular formula is C21H18ClN5O2. The van der Waals surface area contributed by atoms with Crippen LogP contribution in [0.15, 0.2) is 48.9 Å². The van der Waals surface area contributed by atoms with E-state index in [2.05, 4.69) is 10.1 Å². The molecule has 0 radical (unpaired) electrons. The SMILES string of the molecule is Cc1nn(C)cc1C(=O)N1CCN2C(=O)c3ccncc3C21c1ccc(Cl)cc1. The number of amides is 2. The molecule has 2 amide bonds. The standard InChI is InChI=1S/C21H18ClN5O2/c1-13-17(12-25(2)24-13)20(29)27-10-9-26-19(28)16-7-8-23-11-18(16)21(26,27)14-3-5-15(22)6-4-14/h3-8,11-12H,9-10H2,1-2H3. The Balaban J connectivity index is 1.76. The van der Waals surface area contributed by atoms with Gasteiger partial charge in [-0.05, 0) is 25.1 Å². The van der Waals surface area contributed by atoms with E-state index in [1.54, 1.807) is 58.3 Å². The summed E-state index contributed by atoms with van der Waals surface area (Å²) in [5.41, 5.74) is 2.19. The lowest BCUT2D eigenvalue weighted by molar-refractivity contribution is 0.0374. The first-order chi connectivity index (χ1) is 13.9. The van der Waals surface area contributed by atoms with Crippen molar-refractivity contribution >= 4 is 23.4 Å². The molecule has 0 saturated carbocycles. The molecular weight excluding hydrogens is 390 g/mol. The zero-order chi connectivity index (χ0) is 20.3. The van der Waals surface area contributed by atoms with E-state index in [1.807, 2.05) is 19.1 Å². The number of nitrogens with zero attached hydrogens (tertiary/aromatic N) is 5. The molecule has 2 aromatic heterocycles. The van der Waals surface area contributed by atoms with Gasteiger partial charge >= 0.3 is 0 Å². The van der Waals surface area contributed by atoms with Crippen molar-refractivity contribution in [2.75, 3.05) is 13.1 Å². The van der Waals surface area contributed by atoms with Crippen molar-refractivity contribution in [1.82, 2.24) is 24.6 Å². The molecule has 7 nitrogen and oxygen atoms in total. The average molecular weight is 408 g/mol. The molecule has 4 heterocycles. The highest BCUT2D eigenvalue weighted by atomic mass is 35.5. The van der Waals surface area contributed by atoms with E-state index in [0.717, 1.165) is 5.56 Å². The van der Waals surface area contributed by atoms with Crippen LogP contribution in [-0.4, -0.2) is 49.5 Å². The average Bonchev–Trinajstić information content (AvgIpc) is 3.34. The van der Waals surface area contributed by atoms with Gasteiger partial charge in [-0.3, -0.25) is 19.3 Å². The number of carbonyl (C=O) groups is 2. The zero-order valence-electron chi connectivity index (χ0n) is 16.0. The fourth-order valence-corrected chi connectivity index (χ4v) is 4.69. The summed E-state index contributed by atoms with van der Waals surface area (Å²) in [6, 6.07) is 9.00. The second-order valence-electron chi connectivity index (χ2n) is 7.32. The van der Waals surface area contributed by atoms with E-state index in [0.29, 0.717) is 40.5 Å². The number of aromatic nitrogens is 3. The van der Waals surface area contributed by atoms with Gasteiger partial charge in [-0.1, -0.05) is 23.7 Å². The summed E-state index contributed by atoms with van der Waals surface area (Å²) in [6.07, 6.45) is 5.01. The highest BCUT2D eigenvalue weighted by Crippen LogP contribution is 2.50. The normalized spacial score (nSPS) is 20.2. The first-order valence-electron chi connectivity index (χ1n) is 9.29. The van der Waals surface area contributed by atoms with Crippen molar-refractivity contribution in [3.05, 3.63) is 81.9 Å². The predicted molar refractivity (Wildman–Crippen MR) is 106 cm³/mol. The lowest BCUT2D eigenvalue weighted by atomic mass is 9.90. The number of halogens is 1. The van der Waals surface area contributed by atoms with E-state index >= 15 is 0 Å². The molecule has 29 heavy (non-hydrogen) atoms. The van der Waals surface area contributed by atoms with Crippen molar-refractivity contribution in [3.8, 4) is 0 Å². The van der Waals surface area contributed by atoms with Gasteiger partial charge < -0.3 is 9.80 Å². The molecule has 2 aliphatic heterocycles. The Morgan fingerprint density at radius 1 is 1.17 bits per heavy atom. The van der Waals surface area contributed by atoms with Crippen molar-refractivity contribution in [3.63, 3.8) is 0 Å². The van der Waals surface area contributed by atoms with Crippen LogP contribution >= 0.6 is 11.6 Å². The molecule has 0 bridgehead atoms. The molecule has 0 spiro atoms. The van der Waals surface area contributed by atoms with Gasteiger partial charge in [0.1, 0.15) is 0 Å². The largest absolute Gasteiger partial charge is 0.306 e. The Bertz CT molecular complexity index is 1160. The lowest BCUT2D eigenvalue weighted by Crippen LogP contribution is -2.51. The summed E-state index contributed by atoms with van der Waals surface area (Å²) in [7, 11) is 1.79. The number of benzene rings is 1. The minimum absolute atomic E-state index is 0.101. The molecule has 146 valence electrons. The second kappa shape index (κ2) is 6.15. The van der Waals surface area contributed by atoms with Gasteiger partial charge in [0.15, 0.2) is 5.66 Å². The van der Waals surface area contributed by atoms with Crippen LogP contribution in [-0.2, 0) is 12.7 Å². The summed E-state index contributed by atoms with van der Waals surface area (Å²) in [5, 5.41) is 4.90. The molecule has 0 N–H and O–H groups in total. The first kappa shape index (κ1) is 17.9. The van der Waals surface area contributed by atoms with Crippen LogP contribution in [0.1, 0.15) is 37.5 Å². The first-order valence-corrected chi connectivity index (χ1v) is 9.67. The fourth-order valence-electron chi connectivity index (χ4n) is 4.57. The van der Waals surface area contributed by atoms with Gasteiger partial charge in [-0.15, -0.1) is 0 Å². The quantitative estimate of drug-likeness (QED) is 0.654. The molecule has 1 atom stereocenters. The van der Waals surface area contributed by atoms with Crippen LogP contribution in [0.3, 0.4) is 0 Å². The topological polar surface area (TPSA) is 71.3 Å². The molecule has 0 aliphatic carbocycles. The Morgan fingerprint density at radius 2 is 1.93 bits per heavy atom. The van der Waals surface area contributed by atoms with Gasteiger partial charge in [-0.2, -0.15) is 5.10 Å². The third-order valence-corrected chi connectivity index (χ3v) is 5.99. The maximum atomic E-state index is 13.7. The molecule has 3 aromatic rings. The van der Waals surface area contributed by atoms with Gasteiger partial charge in [0.25, 0.3) is 11.8 Å². The lowest BCUT2D eigenvalue weighted by Gasteiger charge is -2.40. The summed E-state index contributed by atoms with van der Waals surface area (Å²) < 4.78 is 1.63. The number of fused-ring (bicyclic) bond motifs is 3. The van der Waals surface area contributed by atoms with Crippen LogP contribution in [0, 0.1) is 6.92 Å². The minimum atomic E-state index is -1.05. The van der Waals surface area contributed by atoms with Gasteiger partial charge in [0, 0.05) is 54.9 Å². The number of carbonyl (C=O) groups excluding carboxylic acids is 2. The van der Waals surface area contributed by atoms with Crippen LogP contribution in [0.5, 0.6) is 0 Å². The van der Waals surface area contributed by atoms with Crippen LogP contribution < -0.4 is 0 Å². The molecule has 1 saturated heterocycles. The summed E-state index contributed by atoms with van der Waals surface area (Å²) in [6.45, 7) is 2.66. The molecule has 1 aromatic carbocycles. The smallest absolute Gasteiger partial charge is 0.259 e. The highest BCUT2D eigenvalue weighted by molar-refractivity contribution is 6.30. The van der Waals surface area contributed by atoms with E-state index < -0.39 is 5.66 Å². The molecule has 8 heteroatoms. The second-order valence-corrected chi connectivity index (χ2v) is 7.75. The Labute approximate surface area is 172 Å². The third-order valence-electron chi connectivity index (χ3n) is 5.74. The molecule has 5 rings (SSSR count). The molecule has 1 unspecified atom stereocenters. The number of aryl methyl sites for hydroxylation is 2. The van der Waals surface area contributed by atoms with Crippen molar-refractivity contribution < 1.29 is 9.59 Å². The monoisotopic (exact) mass is 407 g/mol. The summed E-state index contributed by atoms with van der Waals surface area (Å²) in [4.78, 5) is 34.7. The van der Waals surface area contributed by atoms with E-state index in [-0.39, 0.29) is 11.8 Å². The molecule has 2 aliphatic rings. The fraction of sp³-hybridized carbons (Fsp3) is 0.238. The Morgan fingerprint density at radius 3 is 2.62 bits per heavy atom. The minimum Gasteiger partial charge on any atom is -0.306 e. The van der Waals surface area contributed by atoms with Crippen LogP contribution in [0.4, 0.5) is 0 Å².